The molecule has 0 saturated carbocycles. The van der Waals surface area contributed by atoms with Crippen LogP contribution in [0.3, 0.4) is 0 Å². The highest BCUT2D eigenvalue weighted by molar-refractivity contribution is 8.00. The van der Waals surface area contributed by atoms with E-state index in [9.17, 15) is 4.79 Å². The normalized spacial score (nSPS) is 11.8. The van der Waals surface area contributed by atoms with Gasteiger partial charge in [-0.15, -0.1) is 18.3 Å². The molecule has 2 nitrogen and oxygen atoms in total. The van der Waals surface area contributed by atoms with Crippen molar-refractivity contribution in [3.8, 4) is 0 Å². The fraction of sp³-hybridized carbons (Fsp3) is 0.250. The van der Waals surface area contributed by atoms with Gasteiger partial charge >= 0.3 is 0 Å². The van der Waals surface area contributed by atoms with Crippen LogP contribution in [0.5, 0.6) is 0 Å². The fourth-order valence-electron chi connectivity index (χ4n) is 1.07. The Bertz CT molecular complexity index is 324. The summed E-state index contributed by atoms with van der Waals surface area (Å²) in [6.07, 6.45) is 1.68. The zero-order valence-corrected chi connectivity index (χ0v) is 9.59. The number of carbonyl (C=O) groups excluding carboxylic acids is 1. The Morgan fingerprint density at radius 3 is 2.80 bits per heavy atom. The molecule has 0 bridgehead atoms. The smallest absolute Gasteiger partial charge is 0.233 e. The molecule has 0 radical (unpaired) electrons. The van der Waals surface area contributed by atoms with E-state index in [2.05, 4.69) is 11.9 Å². The number of hydrogen-bond donors (Lipinski definition) is 1. The van der Waals surface area contributed by atoms with Gasteiger partial charge in [0, 0.05) is 11.4 Å². The maximum atomic E-state index is 11.5. The Kier molecular flexibility index (Phi) is 4.98. The van der Waals surface area contributed by atoms with Crippen LogP contribution in [0, 0.1) is 0 Å². The minimum atomic E-state index is -0.0765. The van der Waals surface area contributed by atoms with E-state index in [4.69, 9.17) is 0 Å². The van der Waals surface area contributed by atoms with E-state index in [-0.39, 0.29) is 11.2 Å². The third-order valence-electron chi connectivity index (χ3n) is 1.85. The molecule has 1 aromatic carbocycles. The number of thioether (sulfide) groups is 1. The predicted molar refractivity (Wildman–Crippen MR) is 65.0 cm³/mol. The Labute approximate surface area is 94.8 Å². The van der Waals surface area contributed by atoms with E-state index in [1.807, 2.05) is 37.3 Å². The van der Waals surface area contributed by atoms with Gasteiger partial charge in [0.15, 0.2) is 0 Å². The van der Waals surface area contributed by atoms with Gasteiger partial charge in [-0.25, -0.2) is 0 Å². The average Bonchev–Trinajstić information content (AvgIpc) is 2.27. The van der Waals surface area contributed by atoms with Crippen LogP contribution in [0.15, 0.2) is 47.9 Å². The minimum absolute atomic E-state index is 0.0451. The van der Waals surface area contributed by atoms with Crippen molar-refractivity contribution in [3.63, 3.8) is 0 Å². The first-order valence-electron chi connectivity index (χ1n) is 4.84. The fourth-order valence-corrected chi connectivity index (χ4v) is 1.99. The largest absolute Gasteiger partial charge is 0.352 e. The van der Waals surface area contributed by atoms with Crippen LogP contribution in [0.25, 0.3) is 0 Å². The number of benzene rings is 1. The standard InChI is InChI=1S/C12H15NOS/c1-3-9-13-12(14)10(2)15-11-7-5-4-6-8-11/h3-8,10H,1,9H2,2H3,(H,13,14)/t10-/m0/s1. The molecule has 3 heteroatoms. The summed E-state index contributed by atoms with van der Waals surface area (Å²) in [4.78, 5) is 12.6. The molecule has 1 rings (SSSR count). The number of nitrogens with one attached hydrogen (secondary N) is 1. The van der Waals surface area contributed by atoms with E-state index < -0.39 is 0 Å². The van der Waals surface area contributed by atoms with E-state index in [1.165, 1.54) is 0 Å². The van der Waals surface area contributed by atoms with Crippen molar-refractivity contribution < 1.29 is 4.79 Å². The quantitative estimate of drug-likeness (QED) is 0.611. The Hall–Kier alpha value is -1.22. The topological polar surface area (TPSA) is 29.1 Å². The lowest BCUT2D eigenvalue weighted by Crippen LogP contribution is -2.30. The highest BCUT2D eigenvalue weighted by atomic mass is 32.2. The van der Waals surface area contributed by atoms with E-state index in [0.29, 0.717) is 6.54 Å². The molecule has 0 saturated heterocycles. The van der Waals surface area contributed by atoms with Gasteiger partial charge in [-0.1, -0.05) is 24.3 Å². The molecule has 1 atom stereocenters. The van der Waals surface area contributed by atoms with Crippen LogP contribution >= 0.6 is 11.8 Å². The van der Waals surface area contributed by atoms with Gasteiger partial charge in [0.25, 0.3) is 0 Å². The maximum absolute atomic E-state index is 11.5. The number of hydrogen-bond acceptors (Lipinski definition) is 2. The Balaban J connectivity index is 2.45. The lowest BCUT2D eigenvalue weighted by Gasteiger charge is -2.10. The minimum Gasteiger partial charge on any atom is -0.352 e. The zero-order valence-electron chi connectivity index (χ0n) is 8.77. The van der Waals surface area contributed by atoms with Gasteiger partial charge in [-0.05, 0) is 19.1 Å². The van der Waals surface area contributed by atoms with Gasteiger partial charge in [0.1, 0.15) is 0 Å². The van der Waals surface area contributed by atoms with Gasteiger partial charge in [-0.2, -0.15) is 0 Å². The monoisotopic (exact) mass is 221 g/mol. The number of amides is 1. The van der Waals surface area contributed by atoms with Crippen molar-refractivity contribution in [2.24, 2.45) is 0 Å². The first kappa shape index (κ1) is 11.9. The Morgan fingerprint density at radius 2 is 2.20 bits per heavy atom. The molecule has 1 amide bonds. The number of carbonyl (C=O) groups is 1. The summed E-state index contributed by atoms with van der Waals surface area (Å²) in [7, 11) is 0. The first-order valence-corrected chi connectivity index (χ1v) is 5.72. The highest BCUT2D eigenvalue weighted by Crippen LogP contribution is 2.22. The average molecular weight is 221 g/mol. The molecule has 0 aliphatic heterocycles. The van der Waals surface area contributed by atoms with Gasteiger partial charge in [0.05, 0.1) is 5.25 Å². The second-order valence-electron chi connectivity index (χ2n) is 3.11. The molecule has 0 aliphatic rings. The molecule has 0 spiro atoms. The lowest BCUT2D eigenvalue weighted by molar-refractivity contribution is -0.120. The molecule has 1 N–H and O–H groups in total. The third kappa shape index (κ3) is 4.21. The van der Waals surface area contributed by atoms with Gasteiger partial charge < -0.3 is 5.32 Å². The summed E-state index contributed by atoms with van der Waals surface area (Å²) in [6.45, 7) is 5.98. The van der Waals surface area contributed by atoms with E-state index >= 15 is 0 Å². The van der Waals surface area contributed by atoms with Crippen LogP contribution in [-0.4, -0.2) is 17.7 Å². The molecule has 0 fully saturated rings. The predicted octanol–water partition coefficient (Wildman–Crippen LogP) is 2.47. The molecule has 0 heterocycles. The van der Waals surface area contributed by atoms with Crippen LogP contribution < -0.4 is 5.32 Å². The van der Waals surface area contributed by atoms with Crippen LogP contribution in [-0.2, 0) is 4.79 Å². The van der Waals surface area contributed by atoms with E-state index in [0.717, 1.165) is 4.90 Å². The highest BCUT2D eigenvalue weighted by Gasteiger charge is 2.12. The van der Waals surface area contributed by atoms with Crippen LogP contribution in [0.1, 0.15) is 6.92 Å². The van der Waals surface area contributed by atoms with Gasteiger partial charge in [0.2, 0.25) is 5.91 Å². The molecule has 0 aromatic heterocycles. The van der Waals surface area contributed by atoms with Crippen molar-refractivity contribution in [2.75, 3.05) is 6.54 Å². The summed E-state index contributed by atoms with van der Waals surface area (Å²) < 4.78 is 0. The van der Waals surface area contributed by atoms with Crippen molar-refractivity contribution in [1.29, 1.82) is 0 Å². The van der Waals surface area contributed by atoms with Crippen LogP contribution in [0.2, 0.25) is 0 Å². The lowest BCUT2D eigenvalue weighted by atomic mass is 10.4. The molecule has 80 valence electrons. The number of rotatable bonds is 5. The summed E-state index contributed by atoms with van der Waals surface area (Å²) in [5.41, 5.74) is 0. The summed E-state index contributed by atoms with van der Waals surface area (Å²) in [6, 6.07) is 9.91. The second kappa shape index (κ2) is 6.30. The molecular weight excluding hydrogens is 206 g/mol. The molecule has 1 aromatic rings. The van der Waals surface area contributed by atoms with Crippen molar-refractivity contribution in [3.05, 3.63) is 43.0 Å². The summed E-state index contributed by atoms with van der Waals surface area (Å²) >= 11 is 1.56. The van der Waals surface area contributed by atoms with Crippen molar-refractivity contribution in [1.82, 2.24) is 5.32 Å². The van der Waals surface area contributed by atoms with Gasteiger partial charge in [-0.3, -0.25) is 4.79 Å². The summed E-state index contributed by atoms with van der Waals surface area (Å²) in [5, 5.41) is 2.70. The van der Waals surface area contributed by atoms with Crippen molar-refractivity contribution in [2.45, 2.75) is 17.1 Å². The second-order valence-corrected chi connectivity index (χ2v) is 4.52. The first-order chi connectivity index (χ1) is 7.24. The SMILES string of the molecule is C=CCNC(=O)[C@H](C)Sc1ccccc1. The van der Waals surface area contributed by atoms with E-state index in [1.54, 1.807) is 17.8 Å². The zero-order chi connectivity index (χ0) is 11.1. The molecule has 15 heavy (non-hydrogen) atoms. The molecule has 0 unspecified atom stereocenters. The van der Waals surface area contributed by atoms with Crippen molar-refractivity contribution >= 4 is 17.7 Å². The van der Waals surface area contributed by atoms with Crippen LogP contribution in [0.4, 0.5) is 0 Å². The summed E-state index contributed by atoms with van der Waals surface area (Å²) in [5.74, 6) is 0.0451. The maximum Gasteiger partial charge on any atom is 0.233 e. The third-order valence-corrected chi connectivity index (χ3v) is 2.96. The molecular formula is C12H15NOS. The molecule has 0 aliphatic carbocycles. The Morgan fingerprint density at radius 1 is 1.53 bits per heavy atom.